The number of nitrogens with two attached hydrogens (primary N) is 1. The van der Waals surface area contributed by atoms with E-state index in [1.165, 1.54) is 18.2 Å². The quantitative estimate of drug-likeness (QED) is 0.667. The van der Waals surface area contributed by atoms with Crippen LogP contribution >= 0.6 is 0 Å². The fraction of sp³-hybridized carbons (Fsp3) is 0.111. The fourth-order valence-corrected chi connectivity index (χ4v) is 1.29. The number of aliphatic carboxylic acids is 1. The van der Waals surface area contributed by atoms with Crippen LogP contribution in [0.15, 0.2) is 22.7 Å². The van der Waals surface area contributed by atoms with Crippen LogP contribution in [0.4, 0.5) is 0 Å². The maximum atomic E-state index is 10.7. The highest BCUT2D eigenvalue weighted by Crippen LogP contribution is 2.26. The maximum absolute atomic E-state index is 10.7. The van der Waals surface area contributed by atoms with E-state index in [-0.39, 0.29) is 11.4 Å². The molecule has 0 amide bonds. The van der Waals surface area contributed by atoms with E-state index in [0.717, 1.165) is 0 Å². The maximum Gasteiger partial charge on any atom is 0.326 e. The lowest BCUT2D eigenvalue weighted by molar-refractivity contribution is -0.138. The van der Waals surface area contributed by atoms with Crippen molar-refractivity contribution in [3.8, 4) is 5.75 Å². The van der Waals surface area contributed by atoms with Crippen LogP contribution in [0, 0.1) is 0 Å². The number of carboxylic acid groups (broad SMARTS) is 1. The Kier molecular flexibility index (Phi) is 2.05. The van der Waals surface area contributed by atoms with Gasteiger partial charge in [-0.2, -0.15) is 0 Å². The number of fused-ring (bicyclic) bond motifs is 1. The van der Waals surface area contributed by atoms with Gasteiger partial charge >= 0.3 is 5.97 Å². The Morgan fingerprint density at radius 3 is 2.93 bits per heavy atom. The van der Waals surface area contributed by atoms with Crippen molar-refractivity contribution in [1.82, 2.24) is 5.16 Å². The minimum absolute atomic E-state index is 0.00420. The van der Waals surface area contributed by atoms with Crippen LogP contribution in [0.3, 0.4) is 0 Å². The number of phenols is 1. The van der Waals surface area contributed by atoms with E-state index in [1.807, 2.05) is 0 Å². The van der Waals surface area contributed by atoms with Crippen LogP contribution in [0.2, 0.25) is 0 Å². The highest BCUT2D eigenvalue weighted by Gasteiger charge is 2.21. The third-order valence-corrected chi connectivity index (χ3v) is 2.04. The number of aromatic nitrogens is 1. The van der Waals surface area contributed by atoms with E-state index in [0.29, 0.717) is 11.0 Å². The first kappa shape index (κ1) is 9.47. The molecule has 0 bridgehead atoms. The number of aromatic hydroxyl groups is 1. The van der Waals surface area contributed by atoms with Crippen LogP contribution in [0.1, 0.15) is 11.7 Å². The summed E-state index contributed by atoms with van der Waals surface area (Å²) in [5.74, 6) is -1.20. The van der Waals surface area contributed by atoms with Gasteiger partial charge in [0.15, 0.2) is 11.6 Å². The number of carboxylic acids is 1. The van der Waals surface area contributed by atoms with Gasteiger partial charge < -0.3 is 20.5 Å². The molecule has 15 heavy (non-hydrogen) atoms. The van der Waals surface area contributed by atoms with Crippen LogP contribution in [0.5, 0.6) is 5.75 Å². The molecule has 0 aliphatic rings. The summed E-state index contributed by atoms with van der Waals surface area (Å²) >= 11 is 0. The average molecular weight is 208 g/mol. The molecule has 2 aromatic rings. The summed E-state index contributed by atoms with van der Waals surface area (Å²) < 4.78 is 4.87. The zero-order valence-electron chi connectivity index (χ0n) is 7.54. The second kappa shape index (κ2) is 3.25. The molecule has 1 unspecified atom stereocenters. The number of carbonyl (C=O) groups is 1. The molecule has 78 valence electrons. The molecule has 0 saturated heterocycles. The first-order chi connectivity index (χ1) is 7.09. The Balaban J connectivity index is 2.61. The van der Waals surface area contributed by atoms with Gasteiger partial charge in [0.05, 0.1) is 5.39 Å². The van der Waals surface area contributed by atoms with Gasteiger partial charge in [0.25, 0.3) is 0 Å². The number of hydrogen-bond acceptors (Lipinski definition) is 5. The summed E-state index contributed by atoms with van der Waals surface area (Å²) in [6.07, 6.45) is 0. The van der Waals surface area contributed by atoms with E-state index in [2.05, 4.69) is 5.16 Å². The van der Waals surface area contributed by atoms with Crippen molar-refractivity contribution in [2.24, 2.45) is 5.73 Å². The summed E-state index contributed by atoms with van der Waals surface area (Å²) in [4.78, 5) is 10.7. The minimum atomic E-state index is -1.26. The molecule has 4 N–H and O–H groups in total. The highest BCUT2D eigenvalue weighted by atomic mass is 16.5. The molecule has 6 heteroatoms. The zero-order valence-corrected chi connectivity index (χ0v) is 7.54. The Labute approximate surface area is 83.9 Å². The lowest BCUT2D eigenvalue weighted by atomic mass is 10.1. The molecule has 2 rings (SSSR count). The molecule has 0 aliphatic heterocycles. The van der Waals surface area contributed by atoms with E-state index in [9.17, 15) is 9.90 Å². The molecule has 6 nitrogen and oxygen atoms in total. The third-order valence-electron chi connectivity index (χ3n) is 2.04. The summed E-state index contributed by atoms with van der Waals surface area (Å²) in [5, 5.41) is 21.9. The summed E-state index contributed by atoms with van der Waals surface area (Å²) in [5.41, 5.74) is 5.89. The average Bonchev–Trinajstić information content (AvgIpc) is 2.59. The van der Waals surface area contributed by atoms with Gasteiger partial charge in [0.1, 0.15) is 11.4 Å². The highest BCUT2D eigenvalue weighted by molar-refractivity contribution is 5.86. The molecule has 0 saturated carbocycles. The lowest BCUT2D eigenvalue weighted by Gasteiger charge is -2.01. The Bertz CT molecular complexity index is 520. The van der Waals surface area contributed by atoms with E-state index in [4.69, 9.17) is 15.4 Å². The van der Waals surface area contributed by atoms with Crippen LogP contribution in [0.25, 0.3) is 11.0 Å². The van der Waals surface area contributed by atoms with E-state index >= 15 is 0 Å². The topological polar surface area (TPSA) is 110 Å². The Hall–Kier alpha value is -2.08. The van der Waals surface area contributed by atoms with Crippen molar-refractivity contribution in [3.05, 3.63) is 23.9 Å². The largest absolute Gasteiger partial charge is 0.508 e. The summed E-state index contributed by atoms with van der Waals surface area (Å²) in [6.45, 7) is 0. The number of rotatable bonds is 2. The van der Waals surface area contributed by atoms with Gasteiger partial charge in [-0.05, 0) is 18.2 Å². The lowest BCUT2D eigenvalue weighted by Crippen LogP contribution is -2.21. The van der Waals surface area contributed by atoms with Crippen LogP contribution < -0.4 is 5.73 Å². The first-order valence-electron chi connectivity index (χ1n) is 4.16. The Morgan fingerprint density at radius 2 is 2.27 bits per heavy atom. The number of hydrogen-bond donors (Lipinski definition) is 3. The van der Waals surface area contributed by atoms with Crippen molar-refractivity contribution in [2.75, 3.05) is 0 Å². The van der Waals surface area contributed by atoms with Crippen molar-refractivity contribution < 1.29 is 19.5 Å². The van der Waals surface area contributed by atoms with Crippen LogP contribution in [-0.4, -0.2) is 21.3 Å². The molecule has 1 heterocycles. The van der Waals surface area contributed by atoms with Gasteiger partial charge in [0, 0.05) is 0 Å². The molecule has 0 fully saturated rings. The monoisotopic (exact) mass is 208 g/mol. The molecule has 1 atom stereocenters. The molecule has 1 aromatic carbocycles. The molecule has 1 aromatic heterocycles. The zero-order chi connectivity index (χ0) is 11.0. The smallest absolute Gasteiger partial charge is 0.326 e. The molecule has 0 spiro atoms. The number of phenolic OH excluding ortho intramolecular Hbond substituents is 1. The van der Waals surface area contributed by atoms with Gasteiger partial charge in [0.2, 0.25) is 0 Å². The number of nitrogens with zero attached hydrogens (tertiary/aromatic N) is 1. The van der Waals surface area contributed by atoms with Gasteiger partial charge in [-0.15, -0.1) is 0 Å². The Morgan fingerprint density at radius 1 is 1.53 bits per heavy atom. The first-order valence-corrected chi connectivity index (χ1v) is 4.16. The second-order valence-corrected chi connectivity index (χ2v) is 3.06. The normalized spacial score (nSPS) is 12.9. The minimum Gasteiger partial charge on any atom is -0.508 e. The summed E-state index contributed by atoms with van der Waals surface area (Å²) in [6, 6.07) is 3.02. The van der Waals surface area contributed by atoms with Gasteiger partial charge in [-0.1, -0.05) is 5.16 Å². The van der Waals surface area contributed by atoms with Crippen molar-refractivity contribution >= 4 is 16.9 Å². The fourth-order valence-electron chi connectivity index (χ4n) is 1.29. The molecule has 0 radical (unpaired) electrons. The predicted octanol–water partition coefficient (Wildman–Crippen LogP) is 0.618. The molecular formula is C9H8N2O4. The number of benzene rings is 1. The van der Waals surface area contributed by atoms with Crippen molar-refractivity contribution in [2.45, 2.75) is 6.04 Å². The third kappa shape index (κ3) is 1.50. The van der Waals surface area contributed by atoms with Gasteiger partial charge in [-0.25, -0.2) is 0 Å². The van der Waals surface area contributed by atoms with E-state index < -0.39 is 12.0 Å². The molecular weight excluding hydrogens is 200 g/mol. The van der Waals surface area contributed by atoms with Crippen molar-refractivity contribution in [1.29, 1.82) is 0 Å². The van der Waals surface area contributed by atoms with Crippen LogP contribution in [-0.2, 0) is 4.79 Å². The SMILES string of the molecule is NC(C(=O)O)c1noc2ccc(O)cc12. The van der Waals surface area contributed by atoms with Gasteiger partial charge in [-0.3, -0.25) is 4.79 Å². The summed E-state index contributed by atoms with van der Waals surface area (Å²) in [7, 11) is 0. The standard InChI is InChI=1S/C9H8N2O4/c10-7(9(13)14)8-5-3-4(12)1-2-6(5)15-11-8/h1-3,7,12H,10H2,(H,13,14). The second-order valence-electron chi connectivity index (χ2n) is 3.06. The predicted molar refractivity (Wildman–Crippen MR) is 50.2 cm³/mol. The molecule has 0 aliphatic carbocycles. The van der Waals surface area contributed by atoms with Crippen molar-refractivity contribution in [3.63, 3.8) is 0 Å². The van der Waals surface area contributed by atoms with E-state index in [1.54, 1.807) is 0 Å².